The molecule has 0 aliphatic carbocycles. The first kappa shape index (κ1) is 28.6. The highest BCUT2D eigenvalue weighted by molar-refractivity contribution is 7.98. The van der Waals surface area contributed by atoms with Crippen molar-refractivity contribution in [3.8, 4) is 21.8 Å². The predicted molar refractivity (Wildman–Crippen MR) is 140 cm³/mol. The molecule has 0 aliphatic rings. The number of hydrogen-bond donors (Lipinski definition) is 0. The Morgan fingerprint density at radius 2 is 1.62 bits per heavy atom. The number of nitrogens with zero attached hydrogens (tertiary/aromatic N) is 3. The largest absolute Gasteiger partial charge is 0.283 e. The zero-order valence-electron chi connectivity index (χ0n) is 19.8. The van der Waals surface area contributed by atoms with Gasteiger partial charge < -0.3 is 0 Å². The average molecular weight is 498 g/mol. The van der Waals surface area contributed by atoms with Crippen molar-refractivity contribution in [3.05, 3.63) is 47.1 Å². The number of alkyl halides is 2. The van der Waals surface area contributed by atoms with Gasteiger partial charge in [-0.15, -0.1) is 11.3 Å². The standard InChI is InChI=1S/C16H14F2N3PS2.2C4H10/c1-9-20-13(10-4-3-5-11(8-10)16(17,18)22)14(24-9)12-6-7-19-15(21-12)23-2;2*1-3-4-2/h3-8H,22H2,1-2H3;2*3-4H2,1-2H3. The molecule has 176 valence electrons. The topological polar surface area (TPSA) is 38.7 Å². The molecule has 0 radical (unpaired) electrons. The summed E-state index contributed by atoms with van der Waals surface area (Å²) in [6.45, 7) is 10.6. The Morgan fingerprint density at radius 1 is 1.00 bits per heavy atom. The molecule has 2 aromatic heterocycles. The average Bonchev–Trinajstić information content (AvgIpc) is 3.20. The van der Waals surface area contributed by atoms with Crippen molar-refractivity contribution in [2.75, 3.05) is 6.26 Å². The minimum Gasteiger partial charge on any atom is -0.241 e. The summed E-state index contributed by atoms with van der Waals surface area (Å²) in [6, 6.07) is 8.10. The van der Waals surface area contributed by atoms with Gasteiger partial charge in [-0.25, -0.2) is 15.0 Å². The molecule has 0 spiro atoms. The fraction of sp³-hybridized carbons (Fsp3) is 0.458. The molecule has 1 unspecified atom stereocenters. The molecule has 1 aromatic carbocycles. The number of thioether (sulfide) groups is 1. The van der Waals surface area contributed by atoms with Crippen LogP contribution in [0.25, 0.3) is 21.8 Å². The quantitative estimate of drug-likeness (QED) is 0.194. The highest BCUT2D eigenvalue weighted by Gasteiger charge is 2.25. The number of unbranched alkanes of at least 4 members (excludes halogenated alkanes) is 2. The number of benzene rings is 1. The smallest absolute Gasteiger partial charge is 0.241 e. The van der Waals surface area contributed by atoms with E-state index >= 15 is 0 Å². The van der Waals surface area contributed by atoms with E-state index < -0.39 is 5.66 Å². The fourth-order valence-corrected chi connectivity index (χ4v) is 3.68. The molecular formula is C24H34F2N3PS2. The number of aromatic nitrogens is 3. The van der Waals surface area contributed by atoms with Gasteiger partial charge in [0.05, 0.1) is 21.3 Å². The summed E-state index contributed by atoms with van der Waals surface area (Å²) in [6.07, 6.45) is 8.88. The highest BCUT2D eigenvalue weighted by Crippen LogP contribution is 2.40. The van der Waals surface area contributed by atoms with Crippen LogP contribution in [0.15, 0.2) is 41.7 Å². The van der Waals surface area contributed by atoms with Crippen molar-refractivity contribution in [2.24, 2.45) is 0 Å². The lowest BCUT2D eigenvalue weighted by Crippen LogP contribution is -2.02. The number of rotatable bonds is 6. The monoisotopic (exact) mass is 497 g/mol. The number of halogens is 2. The van der Waals surface area contributed by atoms with Crippen LogP contribution in [0.2, 0.25) is 0 Å². The van der Waals surface area contributed by atoms with Crippen LogP contribution >= 0.6 is 32.3 Å². The number of hydrogen-bond acceptors (Lipinski definition) is 5. The van der Waals surface area contributed by atoms with E-state index in [1.54, 1.807) is 27.6 Å². The molecule has 32 heavy (non-hydrogen) atoms. The Kier molecular flexibility index (Phi) is 13.1. The summed E-state index contributed by atoms with van der Waals surface area (Å²) in [7, 11) is 1.57. The molecule has 0 bridgehead atoms. The second-order valence-electron chi connectivity index (χ2n) is 7.04. The highest BCUT2D eigenvalue weighted by atomic mass is 32.2. The van der Waals surface area contributed by atoms with Gasteiger partial charge in [-0.2, -0.15) is 8.78 Å². The third-order valence-electron chi connectivity index (χ3n) is 4.30. The van der Waals surface area contributed by atoms with Crippen LogP contribution in [0.4, 0.5) is 8.78 Å². The second-order valence-corrected chi connectivity index (χ2v) is 9.74. The lowest BCUT2D eigenvalue weighted by molar-refractivity contribution is 0.104. The van der Waals surface area contributed by atoms with Gasteiger partial charge in [-0.1, -0.05) is 92.6 Å². The predicted octanol–water partition coefficient (Wildman–Crippen LogP) is 8.83. The summed E-state index contributed by atoms with van der Waals surface area (Å²) in [4.78, 5) is 14.1. The van der Waals surface area contributed by atoms with Gasteiger partial charge in [0.1, 0.15) is 0 Å². The van der Waals surface area contributed by atoms with E-state index in [2.05, 4.69) is 42.6 Å². The Bertz CT molecular complexity index is 935. The molecule has 3 rings (SSSR count). The summed E-state index contributed by atoms with van der Waals surface area (Å²) >= 11 is 2.94. The van der Waals surface area contributed by atoms with Crippen molar-refractivity contribution in [2.45, 2.75) is 71.1 Å². The van der Waals surface area contributed by atoms with E-state index in [1.165, 1.54) is 60.9 Å². The van der Waals surface area contributed by atoms with Gasteiger partial charge in [-0.05, 0) is 25.3 Å². The number of thiazole rings is 1. The minimum absolute atomic E-state index is 0.0610. The first-order valence-corrected chi connectivity index (χ1v) is 13.5. The van der Waals surface area contributed by atoms with Crippen LogP contribution < -0.4 is 0 Å². The van der Waals surface area contributed by atoms with Crippen molar-refractivity contribution < 1.29 is 8.78 Å². The summed E-state index contributed by atoms with van der Waals surface area (Å²) in [5, 5.41) is 1.52. The van der Waals surface area contributed by atoms with E-state index in [9.17, 15) is 8.78 Å². The van der Waals surface area contributed by atoms with Gasteiger partial charge in [-0.3, -0.25) is 0 Å². The van der Waals surface area contributed by atoms with Crippen LogP contribution in [0.3, 0.4) is 0 Å². The van der Waals surface area contributed by atoms with Gasteiger partial charge in [0.15, 0.2) is 5.16 Å². The first-order valence-electron chi connectivity index (χ1n) is 10.8. The van der Waals surface area contributed by atoms with Gasteiger partial charge in [0, 0.05) is 17.3 Å². The molecule has 2 heterocycles. The lowest BCUT2D eigenvalue weighted by Gasteiger charge is -2.11. The third kappa shape index (κ3) is 9.21. The maximum atomic E-state index is 13.6. The van der Waals surface area contributed by atoms with Gasteiger partial charge in [0.2, 0.25) is 0 Å². The molecule has 3 nitrogen and oxygen atoms in total. The summed E-state index contributed by atoms with van der Waals surface area (Å²) in [5.74, 6) is 0. The molecule has 0 amide bonds. The molecule has 3 aromatic rings. The molecular weight excluding hydrogens is 463 g/mol. The number of aryl methyl sites for hydroxylation is 1. The molecule has 0 N–H and O–H groups in total. The molecule has 1 atom stereocenters. The SMILES string of the molecule is CCCC.CCCC.CSc1nccc(-c2sc(C)nc2-c2cccc(C(F)(F)P)c2)n1. The van der Waals surface area contributed by atoms with E-state index in [1.807, 2.05) is 19.2 Å². The van der Waals surface area contributed by atoms with Gasteiger partial charge >= 0.3 is 0 Å². The zero-order valence-corrected chi connectivity index (χ0v) is 22.6. The van der Waals surface area contributed by atoms with Crippen LogP contribution in [-0.4, -0.2) is 21.2 Å². The maximum Gasteiger partial charge on any atom is 0.283 e. The van der Waals surface area contributed by atoms with E-state index in [0.29, 0.717) is 16.4 Å². The Labute approximate surface area is 202 Å². The van der Waals surface area contributed by atoms with E-state index in [-0.39, 0.29) is 5.56 Å². The van der Waals surface area contributed by atoms with Crippen LogP contribution in [0, 0.1) is 6.92 Å². The van der Waals surface area contributed by atoms with Crippen LogP contribution in [-0.2, 0) is 5.66 Å². The second kappa shape index (κ2) is 14.7. The molecule has 0 saturated carbocycles. The van der Waals surface area contributed by atoms with Crippen LogP contribution in [0.5, 0.6) is 0 Å². The van der Waals surface area contributed by atoms with E-state index in [4.69, 9.17) is 0 Å². The van der Waals surface area contributed by atoms with Gasteiger partial charge in [0.25, 0.3) is 5.66 Å². The normalized spacial score (nSPS) is 10.7. The molecule has 0 saturated heterocycles. The minimum atomic E-state index is -2.97. The maximum absolute atomic E-state index is 13.6. The van der Waals surface area contributed by atoms with Crippen molar-refractivity contribution >= 4 is 32.3 Å². The van der Waals surface area contributed by atoms with E-state index in [0.717, 1.165) is 15.6 Å². The van der Waals surface area contributed by atoms with Crippen LogP contribution in [0.1, 0.15) is 63.9 Å². The Morgan fingerprint density at radius 3 is 2.16 bits per heavy atom. The zero-order chi connectivity index (χ0) is 24.1. The van der Waals surface area contributed by atoms with Crippen molar-refractivity contribution in [1.82, 2.24) is 15.0 Å². The third-order valence-corrected chi connectivity index (χ3v) is 6.19. The van der Waals surface area contributed by atoms with Crippen molar-refractivity contribution in [1.29, 1.82) is 0 Å². The summed E-state index contributed by atoms with van der Waals surface area (Å²) in [5.41, 5.74) is -0.966. The Balaban J connectivity index is 0.000000554. The molecule has 0 fully saturated rings. The molecule has 0 aliphatic heterocycles. The summed E-state index contributed by atoms with van der Waals surface area (Å²) < 4.78 is 27.2. The fourth-order valence-electron chi connectivity index (χ4n) is 2.24. The first-order chi connectivity index (χ1) is 15.2. The Hall–Kier alpha value is -1.43. The van der Waals surface area contributed by atoms with Crippen molar-refractivity contribution in [3.63, 3.8) is 0 Å². The lowest BCUT2D eigenvalue weighted by atomic mass is 10.1. The molecule has 8 heteroatoms.